The van der Waals surface area contributed by atoms with Crippen LogP contribution in [0.25, 0.3) is 6.08 Å². The lowest BCUT2D eigenvalue weighted by atomic mass is 10.2. The molecule has 1 aromatic carbocycles. The molecule has 18 heavy (non-hydrogen) atoms. The Morgan fingerprint density at radius 1 is 1.39 bits per heavy atom. The quantitative estimate of drug-likeness (QED) is 0.643. The van der Waals surface area contributed by atoms with Crippen LogP contribution in [0.5, 0.6) is 5.75 Å². The van der Waals surface area contributed by atoms with Crippen LogP contribution in [0.1, 0.15) is 11.3 Å². The Morgan fingerprint density at radius 3 is 2.89 bits per heavy atom. The van der Waals surface area contributed by atoms with Crippen molar-refractivity contribution in [2.75, 3.05) is 5.32 Å². The molecule has 0 radical (unpaired) electrons. The average Bonchev–Trinajstić information content (AvgIpc) is 2.83. The normalized spacial score (nSPS) is 10.7. The van der Waals surface area contributed by atoms with Gasteiger partial charge in [-0.3, -0.25) is 4.79 Å². The minimum atomic E-state index is -0.250. The highest BCUT2D eigenvalue weighted by atomic mass is 16.3. The van der Waals surface area contributed by atoms with Gasteiger partial charge in [0.05, 0.1) is 6.26 Å². The molecule has 1 heterocycles. The van der Waals surface area contributed by atoms with Crippen molar-refractivity contribution in [1.29, 1.82) is 0 Å². The molecule has 0 aliphatic heterocycles. The monoisotopic (exact) mass is 243 g/mol. The van der Waals surface area contributed by atoms with Gasteiger partial charge in [0.2, 0.25) is 5.91 Å². The van der Waals surface area contributed by atoms with Gasteiger partial charge in [-0.1, -0.05) is 0 Å². The summed E-state index contributed by atoms with van der Waals surface area (Å²) >= 11 is 0. The molecule has 0 spiro atoms. The number of aromatic hydroxyl groups is 1. The van der Waals surface area contributed by atoms with E-state index < -0.39 is 0 Å². The topological polar surface area (TPSA) is 62.5 Å². The summed E-state index contributed by atoms with van der Waals surface area (Å²) in [6.07, 6.45) is 4.53. The number of amides is 1. The van der Waals surface area contributed by atoms with Crippen LogP contribution in [0.15, 0.2) is 47.1 Å². The Labute approximate surface area is 105 Å². The SMILES string of the molecule is Cc1cc(O)ccc1NC(=O)/C=C/c1ccco1. The zero-order valence-electron chi connectivity index (χ0n) is 9.88. The Hall–Kier alpha value is -2.49. The lowest BCUT2D eigenvalue weighted by Gasteiger charge is -2.06. The van der Waals surface area contributed by atoms with Gasteiger partial charge in [-0.25, -0.2) is 0 Å². The van der Waals surface area contributed by atoms with E-state index in [4.69, 9.17) is 4.42 Å². The minimum absolute atomic E-state index is 0.177. The van der Waals surface area contributed by atoms with Crippen molar-refractivity contribution in [3.05, 3.63) is 54.0 Å². The first-order valence-corrected chi connectivity index (χ1v) is 5.47. The molecular weight excluding hydrogens is 230 g/mol. The number of carbonyl (C=O) groups is 1. The first kappa shape index (κ1) is 12.0. The number of carbonyl (C=O) groups excluding carboxylic acids is 1. The predicted octanol–water partition coefficient (Wildman–Crippen LogP) is 2.95. The molecule has 4 heteroatoms. The molecule has 0 aliphatic rings. The maximum absolute atomic E-state index is 11.6. The zero-order chi connectivity index (χ0) is 13.0. The summed E-state index contributed by atoms with van der Waals surface area (Å²) in [5.41, 5.74) is 1.47. The van der Waals surface area contributed by atoms with Gasteiger partial charge >= 0.3 is 0 Å². The summed E-state index contributed by atoms with van der Waals surface area (Å²) < 4.78 is 5.07. The molecule has 1 aromatic heterocycles. The molecule has 92 valence electrons. The maximum Gasteiger partial charge on any atom is 0.248 e. The largest absolute Gasteiger partial charge is 0.508 e. The fourth-order valence-corrected chi connectivity index (χ4v) is 1.51. The van der Waals surface area contributed by atoms with E-state index in [-0.39, 0.29) is 11.7 Å². The standard InChI is InChI=1S/C14H13NO3/c1-10-9-11(16)4-6-13(10)15-14(17)7-5-12-3-2-8-18-12/h2-9,16H,1H3,(H,15,17)/b7-5+. The average molecular weight is 243 g/mol. The van der Waals surface area contributed by atoms with E-state index in [9.17, 15) is 9.90 Å². The number of phenols is 1. The predicted molar refractivity (Wildman–Crippen MR) is 69.2 cm³/mol. The number of aryl methyl sites for hydroxylation is 1. The number of anilines is 1. The molecule has 0 unspecified atom stereocenters. The van der Waals surface area contributed by atoms with Gasteiger partial charge in [-0.2, -0.15) is 0 Å². The highest BCUT2D eigenvalue weighted by molar-refractivity contribution is 6.02. The van der Waals surface area contributed by atoms with E-state index in [0.29, 0.717) is 11.4 Å². The molecule has 0 atom stereocenters. The second-order valence-corrected chi connectivity index (χ2v) is 3.84. The second-order valence-electron chi connectivity index (χ2n) is 3.84. The number of rotatable bonds is 3. The van der Waals surface area contributed by atoms with Crippen molar-refractivity contribution in [3.63, 3.8) is 0 Å². The highest BCUT2D eigenvalue weighted by Gasteiger charge is 2.02. The summed E-state index contributed by atoms with van der Waals surface area (Å²) in [5, 5.41) is 12.0. The van der Waals surface area contributed by atoms with Gasteiger partial charge in [-0.15, -0.1) is 0 Å². The molecule has 2 aromatic rings. The van der Waals surface area contributed by atoms with Gasteiger partial charge in [0.15, 0.2) is 0 Å². The number of hydrogen-bond acceptors (Lipinski definition) is 3. The molecule has 4 nitrogen and oxygen atoms in total. The van der Waals surface area contributed by atoms with Crippen LogP contribution in [0.3, 0.4) is 0 Å². The zero-order valence-corrected chi connectivity index (χ0v) is 9.88. The number of benzene rings is 1. The Kier molecular flexibility index (Phi) is 3.48. The number of phenolic OH excluding ortho intramolecular Hbond substituents is 1. The van der Waals surface area contributed by atoms with Gasteiger partial charge in [-0.05, 0) is 48.9 Å². The summed E-state index contributed by atoms with van der Waals surface area (Å²) in [6.45, 7) is 1.81. The number of furan rings is 1. The van der Waals surface area contributed by atoms with Crippen molar-refractivity contribution in [3.8, 4) is 5.75 Å². The van der Waals surface area contributed by atoms with Crippen LogP contribution >= 0.6 is 0 Å². The Balaban J connectivity index is 2.03. The van der Waals surface area contributed by atoms with Crippen LogP contribution in [0.2, 0.25) is 0 Å². The van der Waals surface area contributed by atoms with E-state index in [1.165, 1.54) is 12.1 Å². The Bertz CT molecular complexity index is 571. The summed E-state index contributed by atoms with van der Waals surface area (Å²) in [5.74, 6) is 0.546. The fourth-order valence-electron chi connectivity index (χ4n) is 1.51. The van der Waals surface area contributed by atoms with E-state index in [2.05, 4.69) is 5.32 Å². The molecule has 0 saturated heterocycles. The number of hydrogen-bond donors (Lipinski definition) is 2. The lowest BCUT2D eigenvalue weighted by Crippen LogP contribution is -2.08. The molecule has 0 bridgehead atoms. The summed E-state index contributed by atoms with van der Waals surface area (Å²) in [7, 11) is 0. The van der Waals surface area contributed by atoms with E-state index >= 15 is 0 Å². The molecule has 0 aliphatic carbocycles. The first-order chi connectivity index (χ1) is 8.65. The van der Waals surface area contributed by atoms with E-state index in [1.807, 2.05) is 6.92 Å². The highest BCUT2D eigenvalue weighted by Crippen LogP contribution is 2.20. The molecular formula is C14H13NO3. The summed E-state index contributed by atoms with van der Waals surface area (Å²) in [6, 6.07) is 8.28. The van der Waals surface area contributed by atoms with Crippen LogP contribution < -0.4 is 5.32 Å². The second kappa shape index (κ2) is 5.23. The van der Waals surface area contributed by atoms with Crippen LogP contribution in [-0.2, 0) is 4.79 Å². The van der Waals surface area contributed by atoms with E-state index in [0.717, 1.165) is 5.56 Å². The third kappa shape index (κ3) is 3.01. The van der Waals surface area contributed by atoms with Crippen molar-refractivity contribution in [2.24, 2.45) is 0 Å². The molecule has 1 amide bonds. The Morgan fingerprint density at radius 2 is 2.22 bits per heavy atom. The van der Waals surface area contributed by atoms with Crippen molar-refractivity contribution in [2.45, 2.75) is 6.92 Å². The third-order valence-corrected chi connectivity index (χ3v) is 2.41. The fraction of sp³-hybridized carbons (Fsp3) is 0.0714. The summed E-state index contributed by atoms with van der Waals surface area (Å²) in [4.78, 5) is 11.6. The van der Waals surface area contributed by atoms with Crippen LogP contribution in [0, 0.1) is 6.92 Å². The third-order valence-electron chi connectivity index (χ3n) is 2.41. The lowest BCUT2D eigenvalue weighted by molar-refractivity contribution is -0.111. The van der Waals surface area contributed by atoms with Gasteiger partial charge in [0.25, 0.3) is 0 Å². The minimum Gasteiger partial charge on any atom is -0.508 e. The molecule has 0 saturated carbocycles. The molecule has 0 fully saturated rings. The van der Waals surface area contributed by atoms with E-state index in [1.54, 1.807) is 36.6 Å². The number of nitrogens with one attached hydrogen (secondary N) is 1. The van der Waals surface area contributed by atoms with Gasteiger partial charge < -0.3 is 14.8 Å². The maximum atomic E-state index is 11.6. The van der Waals surface area contributed by atoms with Crippen molar-refractivity contribution >= 4 is 17.7 Å². The first-order valence-electron chi connectivity index (χ1n) is 5.47. The van der Waals surface area contributed by atoms with Crippen molar-refractivity contribution < 1.29 is 14.3 Å². The smallest absolute Gasteiger partial charge is 0.248 e. The van der Waals surface area contributed by atoms with Crippen LogP contribution in [0.4, 0.5) is 5.69 Å². The van der Waals surface area contributed by atoms with Gasteiger partial charge in [0.1, 0.15) is 11.5 Å². The van der Waals surface area contributed by atoms with Gasteiger partial charge in [0, 0.05) is 11.8 Å². The molecule has 2 rings (SSSR count). The van der Waals surface area contributed by atoms with Crippen molar-refractivity contribution in [1.82, 2.24) is 0 Å². The van der Waals surface area contributed by atoms with Crippen LogP contribution in [-0.4, -0.2) is 11.0 Å². The molecule has 2 N–H and O–H groups in total.